The van der Waals surface area contributed by atoms with Crippen LogP contribution in [-0.2, 0) is 23.7 Å². The summed E-state index contributed by atoms with van der Waals surface area (Å²) in [5, 5.41) is 54.2. The minimum atomic E-state index is -4.88. The third-order valence-electron chi connectivity index (χ3n) is 15.4. The first-order chi connectivity index (χ1) is 23.0. The van der Waals surface area contributed by atoms with Crippen molar-refractivity contribution in [3.05, 3.63) is 11.3 Å². The van der Waals surface area contributed by atoms with E-state index in [9.17, 15) is 38.7 Å². The van der Waals surface area contributed by atoms with Gasteiger partial charge in [-0.3, -0.25) is 4.74 Å². The molecule has 0 aromatic heterocycles. The normalized spacial score (nSPS) is 50.3. The van der Waals surface area contributed by atoms with Gasteiger partial charge in [0.1, 0.15) is 42.4 Å². The van der Waals surface area contributed by atoms with E-state index in [1.54, 1.807) is 0 Å². The highest BCUT2D eigenvalue weighted by Crippen LogP contribution is 2.89. The van der Waals surface area contributed by atoms with E-state index in [1.165, 1.54) is 13.8 Å². The quantitative estimate of drug-likeness (QED) is 0.188. The first-order valence-corrected chi connectivity index (χ1v) is 18.5. The summed E-state index contributed by atoms with van der Waals surface area (Å²) in [5.74, 6) is 1.01. The largest absolute Gasteiger partial charge is 0.524 e. The molecule has 2 aliphatic heterocycles. The molecule has 0 amide bonds. The molecular weight excluding hydrogens is 661 g/mol. The summed E-state index contributed by atoms with van der Waals surface area (Å²) in [4.78, 5) is 0. The highest BCUT2D eigenvalue weighted by molar-refractivity contribution is 5.43. The van der Waals surface area contributed by atoms with Crippen LogP contribution < -0.4 is 0 Å². The van der Waals surface area contributed by atoms with Crippen LogP contribution in [0.15, 0.2) is 11.3 Å². The number of aliphatic hydroxyl groups is 5. The van der Waals surface area contributed by atoms with Gasteiger partial charge in [0.2, 0.25) is 0 Å². The smallest absolute Gasteiger partial charge is 0.489 e. The minimum Gasteiger partial charge on any atom is -0.489 e. The molecule has 5 N–H and O–H groups in total. The lowest BCUT2D eigenvalue weighted by atomic mass is 9.41. The Balaban J connectivity index is 1.12. The zero-order valence-corrected chi connectivity index (χ0v) is 30.3. The number of alkyl halides is 3. The van der Waals surface area contributed by atoms with E-state index in [2.05, 4.69) is 39.4 Å². The van der Waals surface area contributed by atoms with E-state index >= 15 is 0 Å². The summed E-state index contributed by atoms with van der Waals surface area (Å²) < 4.78 is 66.4. The molecule has 0 aromatic carbocycles. The first-order valence-electron chi connectivity index (χ1n) is 18.5. The van der Waals surface area contributed by atoms with Gasteiger partial charge in [-0.1, -0.05) is 34.6 Å². The summed E-state index contributed by atoms with van der Waals surface area (Å²) in [6, 6.07) is 0. The molecule has 0 radical (unpaired) electrons. The van der Waals surface area contributed by atoms with E-state index in [-0.39, 0.29) is 46.2 Å². The molecule has 0 bridgehead atoms. The molecule has 7 aliphatic rings. The Kier molecular flexibility index (Phi) is 8.75. The van der Waals surface area contributed by atoms with Crippen LogP contribution in [-0.4, -0.2) is 99.9 Å². The fourth-order valence-electron chi connectivity index (χ4n) is 13.1. The summed E-state index contributed by atoms with van der Waals surface area (Å²) in [6.07, 6.45) is -5.75. The van der Waals surface area contributed by atoms with Gasteiger partial charge in [-0.25, -0.2) is 0 Å². The second-order valence-corrected chi connectivity index (χ2v) is 18.4. The van der Waals surface area contributed by atoms with Crippen molar-refractivity contribution in [3.63, 3.8) is 0 Å². The molecule has 10 nitrogen and oxygen atoms in total. The monoisotopic (exact) mass is 718 g/mol. The van der Waals surface area contributed by atoms with Gasteiger partial charge in [-0.05, 0) is 105 Å². The van der Waals surface area contributed by atoms with Crippen LogP contribution in [0.25, 0.3) is 0 Å². The summed E-state index contributed by atoms with van der Waals surface area (Å²) in [6.45, 7) is 12.8. The molecule has 5 aliphatic carbocycles. The molecule has 13 heteroatoms. The molecule has 0 aromatic rings. The van der Waals surface area contributed by atoms with Gasteiger partial charge < -0.3 is 44.5 Å². The van der Waals surface area contributed by atoms with Crippen LogP contribution in [0.3, 0.4) is 0 Å². The second-order valence-electron chi connectivity index (χ2n) is 18.4. The van der Waals surface area contributed by atoms with Crippen molar-refractivity contribution < 1.29 is 62.4 Å². The van der Waals surface area contributed by atoms with E-state index < -0.39 is 67.1 Å². The van der Waals surface area contributed by atoms with Crippen molar-refractivity contribution in [3.8, 4) is 0 Å². The zero-order valence-electron chi connectivity index (χ0n) is 30.3. The molecule has 4 saturated carbocycles. The molecule has 2 heterocycles. The van der Waals surface area contributed by atoms with Gasteiger partial charge in [0.05, 0.1) is 18.3 Å². The van der Waals surface area contributed by atoms with Crippen LogP contribution in [0.1, 0.15) is 99.8 Å². The lowest BCUT2D eigenvalue weighted by molar-refractivity contribution is -0.360. The average Bonchev–Trinajstić information content (AvgIpc) is 3.64. The Morgan fingerprint density at radius 2 is 1.58 bits per heavy atom. The van der Waals surface area contributed by atoms with Crippen molar-refractivity contribution in [2.75, 3.05) is 13.4 Å². The van der Waals surface area contributed by atoms with Gasteiger partial charge in [-0.2, -0.15) is 0 Å². The highest BCUT2D eigenvalue weighted by Gasteiger charge is 2.83. The molecule has 2 spiro atoms. The SMILES string of the molecule is C[C@@H]1C[C@H]([C@H](OCOC(F)(F)F)C(C)(C)O)OC2=C1[C@@]1(C)CC[C@@]34C[C@@]35CC[C@H](O[C@@H]3OC[C@@H](O)[C@H](O)[C@H]3O)C(C)(C)[C@@H]5CC[C@H]4[C@]1(C)[C@H]2O. The standard InChI is InChI=1S/C37H57F3O10/c1-18-14-20(29(32(4,5)45)47-17-48-37(38,39)40)49-27-24(18)33(6)12-13-36-16-35(36)11-10-23(50-30-26(43)25(42)19(41)15-46-30)31(2,3)21(35)8-9-22(36)34(33,7)28(27)44/h18-23,25-26,28-30,41-45H,8-17H2,1-7H3/t18-,19-,20-,21+,22+,23+,25+,26-,28+,29+,30+,33-,34-,35-,36+/m1/s1. The van der Waals surface area contributed by atoms with Crippen molar-refractivity contribution in [1.82, 2.24) is 0 Å². The lowest BCUT2D eigenvalue weighted by Gasteiger charge is -2.63. The molecule has 0 unspecified atom stereocenters. The lowest BCUT2D eigenvalue weighted by Crippen LogP contribution is -2.61. The Morgan fingerprint density at radius 3 is 2.24 bits per heavy atom. The highest BCUT2D eigenvalue weighted by atomic mass is 19.4. The number of halogens is 3. The van der Waals surface area contributed by atoms with Gasteiger partial charge in [0, 0.05) is 10.8 Å². The first kappa shape index (κ1) is 37.3. The van der Waals surface area contributed by atoms with E-state index in [0.717, 1.165) is 50.5 Å². The Hall–Kier alpha value is -1.03. The van der Waals surface area contributed by atoms with E-state index in [0.29, 0.717) is 18.1 Å². The van der Waals surface area contributed by atoms with Crippen molar-refractivity contribution in [2.24, 2.45) is 44.8 Å². The summed E-state index contributed by atoms with van der Waals surface area (Å²) in [5.41, 5.74) is -1.46. The predicted molar refractivity (Wildman–Crippen MR) is 172 cm³/mol. The maximum atomic E-state index is 12.8. The van der Waals surface area contributed by atoms with E-state index in [4.69, 9.17) is 18.9 Å². The van der Waals surface area contributed by atoms with E-state index in [1.807, 2.05) is 0 Å². The number of aliphatic hydroxyl groups excluding tert-OH is 4. The van der Waals surface area contributed by atoms with Crippen molar-refractivity contribution in [2.45, 2.75) is 161 Å². The second kappa shape index (κ2) is 11.7. The molecule has 15 atom stereocenters. The van der Waals surface area contributed by atoms with Gasteiger partial charge in [-0.15, -0.1) is 13.2 Å². The average molecular weight is 719 g/mol. The Labute approximate surface area is 292 Å². The van der Waals surface area contributed by atoms with Crippen LogP contribution >= 0.6 is 0 Å². The number of hydrogen-bond acceptors (Lipinski definition) is 10. The Morgan fingerprint density at radius 1 is 0.920 bits per heavy atom. The fraction of sp³-hybridized carbons (Fsp3) is 0.946. The zero-order chi connectivity index (χ0) is 36.6. The number of fused-ring (bicyclic) bond motifs is 3. The van der Waals surface area contributed by atoms with Crippen LogP contribution in [0.2, 0.25) is 0 Å². The maximum Gasteiger partial charge on any atom is 0.524 e. The Bertz CT molecular complexity index is 1370. The molecule has 286 valence electrons. The molecule has 7 rings (SSSR count). The summed E-state index contributed by atoms with van der Waals surface area (Å²) in [7, 11) is 0. The topological polar surface area (TPSA) is 147 Å². The number of rotatable bonds is 7. The van der Waals surface area contributed by atoms with Crippen LogP contribution in [0.4, 0.5) is 13.2 Å². The van der Waals surface area contributed by atoms with Crippen molar-refractivity contribution in [1.29, 1.82) is 0 Å². The van der Waals surface area contributed by atoms with Gasteiger partial charge >= 0.3 is 6.36 Å². The van der Waals surface area contributed by atoms with Crippen LogP contribution in [0, 0.1) is 44.8 Å². The minimum absolute atomic E-state index is 0.0411. The van der Waals surface area contributed by atoms with Crippen molar-refractivity contribution >= 4 is 0 Å². The fourth-order valence-corrected chi connectivity index (χ4v) is 13.1. The molecular formula is C37H57F3O10. The molecule has 50 heavy (non-hydrogen) atoms. The molecule has 1 saturated heterocycles. The molecule has 5 fully saturated rings. The van der Waals surface area contributed by atoms with Gasteiger partial charge in [0.25, 0.3) is 0 Å². The maximum absolute atomic E-state index is 12.8. The number of allylic oxidation sites excluding steroid dienone is 1. The third-order valence-corrected chi connectivity index (χ3v) is 15.4. The van der Waals surface area contributed by atoms with Crippen LogP contribution in [0.5, 0.6) is 0 Å². The number of hydrogen-bond donors (Lipinski definition) is 5. The third kappa shape index (κ3) is 5.14. The predicted octanol–water partition coefficient (Wildman–Crippen LogP) is 4.54. The number of ether oxygens (including phenoxy) is 5. The summed E-state index contributed by atoms with van der Waals surface area (Å²) >= 11 is 0. The van der Waals surface area contributed by atoms with Gasteiger partial charge in [0.15, 0.2) is 13.1 Å².